The normalized spacial score (nSPS) is 13.2. The molecule has 1 aromatic heterocycles. The molecule has 2 aromatic rings. The van der Waals surface area contributed by atoms with E-state index in [1.54, 1.807) is 0 Å². The number of benzene rings is 1. The summed E-state index contributed by atoms with van der Waals surface area (Å²) >= 11 is 0. The maximum Gasteiger partial charge on any atom is 0.200 e. The maximum absolute atomic E-state index is 13.6. The Morgan fingerprint density at radius 3 is 2.11 bits per heavy atom. The lowest BCUT2D eigenvalue weighted by atomic mass is 9.85. The standard InChI is InChI=1S/C12H5FN2O3/c13-7-1-2-8(16)10-9(7)11(17)5-3-14-15-4-6(5)12(10)18/h1-4,16H. The minimum atomic E-state index is -0.844. The highest BCUT2D eigenvalue weighted by Crippen LogP contribution is 2.33. The van der Waals surface area contributed by atoms with Gasteiger partial charge in [0, 0.05) is 0 Å². The van der Waals surface area contributed by atoms with Crippen LogP contribution < -0.4 is 0 Å². The Hall–Kier alpha value is -2.63. The van der Waals surface area contributed by atoms with Crippen molar-refractivity contribution >= 4 is 11.6 Å². The molecule has 18 heavy (non-hydrogen) atoms. The van der Waals surface area contributed by atoms with Crippen LogP contribution in [-0.2, 0) is 0 Å². The van der Waals surface area contributed by atoms with Crippen molar-refractivity contribution in [2.24, 2.45) is 0 Å². The van der Waals surface area contributed by atoms with Gasteiger partial charge < -0.3 is 5.11 Å². The van der Waals surface area contributed by atoms with Gasteiger partial charge in [-0.05, 0) is 12.1 Å². The molecule has 0 unspecified atom stereocenters. The van der Waals surface area contributed by atoms with Crippen LogP contribution in [0.3, 0.4) is 0 Å². The van der Waals surface area contributed by atoms with E-state index in [1.165, 1.54) is 0 Å². The summed E-state index contributed by atoms with van der Waals surface area (Å²) in [6.45, 7) is 0. The van der Waals surface area contributed by atoms with Crippen molar-refractivity contribution in [3.63, 3.8) is 0 Å². The number of carbonyl (C=O) groups excluding carboxylic acids is 2. The number of rotatable bonds is 0. The first kappa shape index (κ1) is 10.5. The Kier molecular flexibility index (Phi) is 2.00. The molecule has 1 aliphatic carbocycles. The largest absolute Gasteiger partial charge is 0.507 e. The monoisotopic (exact) mass is 244 g/mol. The first-order chi connectivity index (χ1) is 8.61. The molecule has 1 N–H and O–H groups in total. The van der Waals surface area contributed by atoms with Gasteiger partial charge in [0.15, 0.2) is 11.6 Å². The summed E-state index contributed by atoms with van der Waals surface area (Å²) in [5.74, 6) is -2.58. The first-order valence-electron chi connectivity index (χ1n) is 5.03. The molecule has 1 aromatic carbocycles. The fourth-order valence-electron chi connectivity index (χ4n) is 1.97. The zero-order valence-corrected chi connectivity index (χ0v) is 8.85. The number of halogens is 1. The van der Waals surface area contributed by atoms with Gasteiger partial charge in [-0.1, -0.05) is 0 Å². The van der Waals surface area contributed by atoms with E-state index >= 15 is 0 Å². The fraction of sp³-hybridized carbons (Fsp3) is 0. The molecule has 88 valence electrons. The van der Waals surface area contributed by atoms with Crippen LogP contribution in [0.25, 0.3) is 0 Å². The van der Waals surface area contributed by atoms with Crippen molar-refractivity contribution in [1.82, 2.24) is 10.2 Å². The van der Waals surface area contributed by atoms with Crippen LogP contribution in [0, 0.1) is 5.82 Å². The number of aromatic nitrogens is 2. The smallest absolute Gasteiger partial charge is 0.200 e. The quantitative estimate of drug-likeness (QED) is 0.640. The van der Waals surface area contributed by atoms with Crippen LogP contribution in [0.2, 0.25) is 0 Å². The molecular weight excluding hydrogens is 239 g/mol. The number of ketones is 2. The molecule has 0 radical (unpaired) electrons. The molecule has 0 saturated heterocycles. The summed E-state index contributed by atoms with van der Waals surface area (Å²) in [4.78, 5) is 24.1. The Morgan fingerprint density at radius 2 is 1.50 bits per heavy atom. The van der Waals surface area contributed by atoms with Crippen molar-refractivity contribution in [3.8, 4) is 5.75 Å². The second-order valence-electron chi connectivity index (χ2n) is 3.79. The Balaban J connectivity index is 2.41. The van der Waals surface area contributed by atoms with Crippen LogP contribution >= 0.6 is 0 Å². The molecule has 0 fully saturated rings. The third-order valence-corrected chi connectivity index (χ3v) is 2.81. The summed E-state index contributed by atoms with van der Waals surface area (Å²) in [6.07, 6.45) is 2.24. The number of hydrogen-bond acceptors (Lipinski definition) is 5. The number of phenolic OH excluding ortho intramolecular Hbond substituents is 1. The lowest BCUT2D eigenvalue weighted by Gasteiger charge is -2.17. The average Bonchev–Trinajstić information content (AvgIpc) is 2.38. The highest BCUT2D eigenvalue weighted by atomic mass is 19.1. The zero-order valence-electron chi connectivity index (χ0n) is 8.85. The van der Waals surface area contributed by atoms with E-state index in [9.17, 15) is 19.1 Å². The summed E-state index contributed by atoms with van der Waals surface area (Å²) in [7, 11) is 0. The van der Waals surface area contributed by atoms with Crippen LogP contribution in [0.4, 0.5) is 4.39 Å². The third-order valence-electron chi connectivity index (χ3n) is 2.81. The van der Waals surface area contributed by atoms with Crippen LogP contribution in [0.5, 0.6) is 5.75 Å². The molecule has 0 amide bonds. The molecule has 5 nitrogen and oxygen atoms in total. The first-order valence-corrected chi connectivity index (χ1v) is 5.03. The van der Waals surface area contributed by atoms with Gasteiger partial charge in [-0.25, -0.2) is 4.39 Å². The van der Waals surface area contributed by atoms with Crippen LogP contribution in [-0.4, -0.2) is 26.9 Å². The van der Waals surface area contributed by atoms with Gasteiger partial charge in [0.2, 0.25) is 0 Å². The average molecular weight is 244 g/mol. The van der Waals surface area contributed by atoms with E-state index in [1.807, 2.05) is 0 Å². The summed E-state index contributed by atoms with van der Waals surface area (Å²) in [5.41, 5.74) is -0.726. The van der Waals surface area contributed by atoms with Crippen LogP contribution in [0.15, 0.2) is 24.5 Å². The van der Waals surface area contributed by atoms with Crippen molar-refractivity contribution in [3.05, 3.63) is 52.6 Å². The second-order valence-corrected chi connectivity index (χ2v) is 3.79. The molecule has 0 saturated carbocycles. The van der Waals surface area contributed by atoms with Gasteiger partial charge in [0.05, 0.1) is 34.6 Å². The van der Waals surface area contributed by atoms with Gasteiger partial charge in [0.25, 0.3) is 0 Å². The van der Waals surface area contributed by atoms with Crippen molar-refractivity contribution < 1.29 is 19.1 Å². The molecule has 0 aliphatic heterocycles. The minimum absolute atomic E-state index is 0.00741. The van der Waals surface area contributed by atoms with Gasteiger partial charge in [-0.2, -0.15) is 10.2 Å². The number of hydrogen-bond donors (Lipinski definition) is 1. The predicted octanol–water partition coefficient (Wildman–Crippen LogP) is 1.10. The highest BCUT2D eigenvalue weighted by molar-refractivity contribution is 6.29. The number of nitrogens with zero attached hydrogens (tertiary/aromatic N) is 2. The molecule has 3 rings (SSSR count). The topological polar surface area (TPSA) is 80.2 Å². The highest BCUT2D eigenvalue weighted by Gasteiger charge is 2.34. The SMILES string of the molecule is O=C1c2cnncc2C(=O)c2c(F)ccc(O)c21. The molecule has 6 heteroatoms. The van der Waals surface area contributed by atoms with E-state index in [4.69, 9.17) is 0 Å². The summed E-state index contributed by atoms with van der Waals surface area (Å²) in [6, 6.07) is 1.98. The molecular formula is C12H5FN2O3. The van der Waals surface area contributed by atoms with Gasteiger partial charge >= 0.3 is 0 Å². The summed E-state index contributed by atoms with van der Waals surface area (Å²) < 4.78 is 13.6. The van der Waals surface area contributed by atoms with Gasteiger partial charge in [-0.15, -0.1) is 0 Å². The Labute approximate surface area is 99.9 Å². The molecule has 0 bridgehead atoms. The van der Waals surface area contributed by atoms with Crippen molar-refractivity contribution in [2.45, 2.75) is 0 Å². The minimum Gasteiger partial charge on any atom is -0.507 e. The van der Waals surface area contributed by atoms with E-state index in [0.29, 0.717) is 0 Å². The molecule has 1 aliphatic rings. The predicted molar refractivity (Wildman–Crippen MR) is 57.0 cm³/mol. The van der Waals surface area contributed by atoms with Crippen LogP contribution in [0.1, 0.15) is 31.8 Å². The number of carbonyl (C=O) groups is 2. The van der Waals surface area contributed by atoms with E-state index in [0.717, 1.165) is 24.5 Å². The molecule has 0 atom stereocenters. The van der Waals surface area contributed by atoms with Gasteiger partial charge in [-0.3, -0.25) is 9.59 Å². The van der Waals surface area contributed by atoms with Gasteiger partial charge in [0.1, 0.15) is 11.6 Å². The number of phenols is 1. The lowest BCUT2D eigenvalue weighted by molar-refractivity contribution is 0.0972. The fourth-order valence-corrected chi connectivity index (χ4v) is 1.97. The number of aromatic hydroxyl groups is 1. The zero-order chi connectivity index (χ0) is 12.9. The Morgan fingerprint density at radius 1 is 0.944 bits per heavy atom. The second kappa shape index (κ2) is 3.43. The molecule has 0 spiro atoms. The van der Waals surface area contributed by atoms with E-state index in [-0.39, 0.29) is 16.7 Å². The molecule has 1 heterocycles. The van der Waals surface area contributed by atoms with E-state index in [2.05, 4.69) is 10.2 Å². The summed E-state index contributed by atoms with van der Waals surface area (Å²) in [5, 5.41) is 16.6. The third kappa shape index (κ3) is 1.20. The van der Waals surface area contributed by atoms with E-state index < -0.39 is 28.7 Å². The van der Waals surface area contributed by atoms with Crippen molar-refractivity contribution in [1.29, 1.82) is 0 Å². The lowest BCUT2D eigenvalue weighted by Crippen LogP contribution is -2.23. The maximum atomic E-state index is 13.6. The van der Waals surface area contributed by atoms with Crippen molar-refractivity contribution in [2.75, 3.05) is 0 Å². The number of fused-ring (bicyclic) bond motifs is 2. The Bertz CT molecular complexity index is 652.